The zero-order chi connectivity index (χ0) is 11.1. The number of benzene rings is 1. The van der Waals surface area contributed by atoms with Crippen LogP contribution >= 0.6 is 0 Å². The fraction of sp³-hybridized carbons (Fsp3) is 0.154. The molecule has 1 radical (unpaired) electrons. The van der Waals surface area contributed by atoms with Crippen LogP contribution in [0.2, 0.25) is 0 Å². The van der Waals surface area contributed by atoms with E-state index in [0.717, 1.165) is 24.5 Å². The second kappa shape index (κ2) is 5.81. The summed E-state index contributed by atoms with van der Waals surface area (Å²) in [5.41, 5.74) is 2.03. The van der Waals surface area contributed by atoms with Crippen LogP contribution in [0, 0.1) is 0 Å². The van der Waals surface area contributed by atoms with Crippen molar-refractivity contribution in [2.45, 2.75) is 0 Å². The highest BCUT2D eigenvalue weighted by Gasteiger charge is 2.04. The minimum atomic E-state index is 0.812. The second-order valence-electron chi connectivity index (χ2n) is 3.16. The van der Waals surface area contributed by atoms with Crippen LogP contribution in [-0.4, -0.2) is 19.8 Å². The van der Waals surface area contributed by atoms with E-state index in [0.29, 0.717) is 0 Å². The van der Waals surface area contributed by atoms with Crippen molar-refractivity contribution >= 4 is 18.1 Å². The molecular formula is C13H16N2+. The van der Waals surface area contributed by atoms with Gasteiger partial charge in [0.15, 0.2) is 0 Å². The maximum Gasteiger partial charge on any atom is 0.276 e. The summed E-state index contributed by atoms with van der Waals surface area (Å²) >= 11 is 0. The SMILES string of the molecule is C=CCN(CC=C)c1ccc([N+]=C)cc1. The summed E-state index contributed by atoms with van der Waals surface area (Å²) in [6, 6.07) is 7.94. The molecule has 0 heterocycles. The molecule has 1 aromatic carbocycles. The first-order chi connectivity index (χ1) is 7.31. The van der Waals surface area contributed by atoms with E-state index < -0.39 is 0 Å². The quantitative estimate of drug-likeness (QED) is 0.509. The largest absolute Gasteiger partial charge is 0.364 e. The van der Waals surface area contributed by atoms with E-state index in [2.05, 4.69) is 29.8 Å². The Kier molecular flexibility index (Phi) is 4.35. The summed E-state index contributed by atoms with van der Waals surface area (Å²) in [4.78, 5) is 6.03. The number of hydrogen-bond acceptors (Lipinski definition) is 2. The van der Waals surface area contributed by atoms with E-state index in [1.165, 1.54) is 0 Å². The van der Waals surface area contributed by atoms with Gasteiger partial charge >= 0.3 is 0 Å². The van der Waals surface area contributed by atoms with E-state index >= 15 is 0 Å². The normalized spacial score (nSPS) is 9.33. The van der Waals surface area contributed by atoms with E-state index in [4.69, 9.17) is 0 Å². The smallest absolute Gasteiger partial charge is 0.276 e. The standard InChI is InChI=1S/C13H16N2/c1-4-10-15(11-5-2)13-8-6-12(14-3)7-9-13/h4-9H,1-3,10-11H2/q+1. The Balaban J connectivity index is 2.84. The molecular weight excluding hydrogens is 184 g/mol. The molecule has 1 aromatic rings. The topological polar surface area (TPSA) is 17.3 Å². The van der Waals surface area contributed by atoms with E-state index in [1.807, 2.05) is 36.4 Å². The van der Waals surface area contributed by atoms with Gasteiger partial charge in [-0.2, -0.15) is 0 Å². The summed E-state index contributed by atoms with van der Waals surface area (Å²) in [5, 5.41) is 0. The first-order valence-electron chi connectivity index (χ1n) is 4.85. The Bertz CT molecular complexity index is 328. The van der Waals surface area contributed by atoms with Crippen LogP contribution in [0.4, 0.5) is 11.4 Å². The van der Waals surface area contributed by atoms with Crippen molar-refractivity contribution in [3.05, 3.63) is 49.6 Å². The van der Waals surface area contributed by atoms with Crippen molar-refractivity contribution in [3.8, 4) is 0 Å². The summed E-state index contributed by atoms with van der Waals surface area (Å²) in [6.07, 6.45) is 3.76. The van der Waals surface area contributed by atoms with Gasteiger partial charge in [-0.1, -0.05) is 12.2 Å². The molecule has 0 aliphatic heterocycles. The van der Waals surface area contributed by atoms with Crippen LogP contribution in [0.15, 0.2) is 49.6 Å². The summed E-state index contributed by atoms with van der Waals surface area (Å²) < 4.78 is 0. The zero-order valence-corrected chi connectivity index (χ0v) is 8.89. The minimum Gasteiger partial charge on any atom is -0.364 e. The van der Waals surface area contributed by atoms with Gasteiger partial charge in [-0.05, 0) is 12.1 Å². The molecule has 0 aliphatic rings. The lowest BCUT2D eigenvalue weighted by Gasteiger charge is -2.20. The van der Waals surface area contributed by atoms with Crippen LogP contribution in [0.1, 0.15) is 0 Å². The van der Waals surface area contributed by atoms with Crippen molar-refractivity contribution < 1.29 is 0 Å². The highest BCUT2D eigenvalue weighted by molar-refractivity contribution is 5.54. The Morgan fingerprint density at radius 2 is 1.60 bits per heavy atom. The molecule has 0 saturated carbocycles. The number of nitrogens with zero attached hydrogens (tertiary/aromatic N) is 2. The average molecular weight is 200 g/mol. The Labute approximate surface area is 91.3 Å². The minimum absolute atomic E-state index is 0.812. The van der Waals surface area contributed by atoms with Gasteiger partial charge in [0.25, 0.3) is 5.69 Å². The molecule has 0 amide bonds. The predicted molar refractivity (Wildman–Crippen MR) is 68.0 cm³/mol. The third-order valence-electron chi connectivity index (χ3n) is 2.10. The third kappa shape index (κ3) is 3.09. The number of anilines is 1. The summed E-state index contributed by atoms with van der Waals surface area (Å²) in [6.45, 7) is 12.6. The van der Waals surface area contributed by atoms with Crippen LogP contribution in [-0.2, 0) is 0 Å². The van der Waals surface area contributed by atoms with E-state index in [1.54, 1.807) is 0 Å². The van der Waals surface area contributed by atoms with Crippen molar-refractivity contribution in [3.63, 3.8) is 0 Å². The summed E-state index contributed by atoms with van der Waals surface area (Å²) in [5.74, 6) is 0. The molecule has 0 fully saturated rings. The Morgan fingerprint density at radius 1 is 1.07 bits per heavy atom. The third-order valence-corrected chi connectivity index (χ3v) is 2.10. The molecule has 0 unspecified atom stereocenters. The molecule has 2 nitrogen and oxygen atoms in total. The molecule has 0 saturated heterocycles. The molecule has 1 rings (SSSR count). The van der Waals surface area contributed by atoms with Gasteiger partial charge in [-0.25, -0.2) is 0 Å². The lowest BCUT2D eigenvalue weighted by molar-refractivity contribution is 0.957. The molecule has 2 heteroatoms. The van der Waals surface area contributed by atoms with Gasteiger partial charge in [0.2, 0.25) is 6.72 Å². The second-order valence-corrected chi connectivity index (χ2v) is 3.16. The average Bonchev–Trinajstić information content (AvgIpc) is 2.29. The van der Waals surface area contributed by atoms with Gasteiger partial charge in [-0.15, -0.1) is 13.2 Å². The highest BCUT2D eigenvalue weighted by atomic mass is 15.1. The van der Waals surface area contributed by atoms with E-state index in [-0.39, 0.29) is 0 Å². The van der Waals surface area contributed by atoms with Crippen molar-refractivity contribution in [2.24, 2.45) is 0 Å². The first kappa shape index (κ1) is 11.2. The predicted octanol–water partition coefficient (Wildman–Crippen LogP) is 2.53. The van der Waals surface area contributed by atoms with Crippen molar-refractivity contribution in [1.82, 2.24) is 4.99 Å². The molecule has 15 heavy (non-hydrogen) atoms. The highest BCUT2D eigenvalue weighted by Crippen LogP contribution is 2.16. The Hall–Kier alpha value is -1.83. The molecule has 0 N–H and O–H groups in total. The molecule has 77 valence electrons. The molecule has 0 bridgehead atoms. The first-order valence-corrected chi connectivity index (χ1v) is 4.85. The molecule has 0 atom stereocenters. The molecule has 0 aromatic heterocycles. The van der Waals surface area contributed by atoms with Gasteiger partial charge in [0.05, 0.1) is 4.99 Å². The lowest BCUT2D eigenvalue weighted by atomic mass is 10.2. The zero-order valence-electron chi connectivity index (χ0n) is 8.89. The maximum absolute atomic E-state index is 3.85. The Morgan fingerprint density at radius 3 is 2.00 bits per heavy atom. The maximum atomic E-state index is 3.85. The number of hydrogen-bond donors (Lipinski definition) is 0. The monoisotopic (exact) mass is 200 g/mol. The van der Waals surface area contributed by atoms with Crippen LogP contribution in [0.25, 0.3) is 0 Å². The molecule has 0 aliphatic carbocycles. The fourth-order valence-electron chi connectivity index (χ4n) is 1.37. The van der Waals surface area contributed by atoms with Crippen LogP contribution < -0.4 is 9.89 Å². The van der Waals surface area contributed by atoms with Crippen LogP contribution in [0.5, 0.6) is 0 Å². The van der Waals surface area contributed by atoms with Gasteiger partial charge < -0.3 is 4.90 Å². The van der Waals surface area contributed by atoms with Gasteiger partial charge in [0, 0.05) is 30.9 Å². The summed E-state index contributed by atoms with van der Waals surface area (Å²) in [7, 11) is 0. The van der Waals surface area contributed by atoms with Gasteiger partial charge in [0.1, 0.15) is 0 Å². The van der Waals surface area contributed by atoms with Crippen LogP contribution in [0.3, 0.4) is 0 Å². The van der Waals surface area contributed by atoms with Crippen molar-refractivity contribution in [2.75, 3.05) is 18.0 Å². The molecule has 0 spiro atoms. The van der Waals surface area contributed by atoms with E-state index in [9.17, 15) is 0 Å². The van der Waals surface area contributed by atoms with Crippen molar-refractivity contribution in [1.29, 1.82) is 0 Å². The number of rotatable bonds is 6. The number of aliphatic imine (C=N–C) groups is 1. The van der Waals surface area contributed by atoms with Gasteiger partial charge in [-0.3, -0.25) is 0 Å². The fourth-order valence-corrected chi connectivity index (χ4v) is 1.37. The lowest BCUT2D eigenvalue weighted by Crippen LogP contribution is -2.22.